The summed E-state index contributed by atoms with van der Waals surface area (Å²) >= 11 is 0. The van der Waals surface area contributed by atoms with Crippen LogP contribution in [0.15, 0.2) is 12.5 Å². The predicted octanol–water partition coefficient (Wildman–Crippen LogP) is 5.09. The van der Waals surface area contributed by atoms with E-state index >= 15 is 0 Å². The summed E-state index contributed by atoms with van der Waals surface area (Å²) in [5.41, 5.74) is 1.33. The van der Waals surface area contributed by atoms with Crippen molar-refractivity contribution in [1.82, 2.24) is 9.55 Å². The molecule has 1 rings (SSSR count). The third-order valence-electron chi connectivity index (χ3n) is 1.89. The van der Waals surface area contributed by atoms with Crippen LogP contribution >= 0.6 is 0 Å². The minimum Gasteiger partial charge on any atom is -0.338 e. The van der Waals surface area contributed by atoms with Crippen LogP contribution in [0.25, 0.3) is 0 Å². The smallest absolute Gasteiger partial charge is 0.0945 e. The molecule has 0 amide bonds. The van der Waals surface area contributed by atoms with Crippen molar-refractivity contribution >= 4 is 0 Å². The van der Waals surface area contributed by atoms with Crippen molar-refractivity contribution in [3.05, 3.63) is 18.2 Å². The van der Waals surface area contributed by atoms with E-state index in [1.165, 1.54) is 12.1 Å². The van der Waals surface area contributed by atoms with Gasteiger partial charge in [0, 0.05) is 18.9 Å². The lowest BCUT2D eigenvalue weighted by molar-refractivity contribution is 0.573. The Morgan fingerprint density at radius 1 is 1.06 bits per heavy atom. The van der Waals surface area contributed by atoms with Crippen molar-refractivity contribution in [1.29, 1.82) is 0 Å². The second-order valence-electron chi connectivity index (χ2n) is 3.43. The highest BCUT2D eigenvalue weighted by Crippen LogP contribution is 2.06. The third kappa shape index (κ3) is 13.1. The molecule has 2 nitrogen and oxygen atoms in total. The molecule has 0 atom stereocenters. The van der Waals surface area contributed by atoms with Gasteiger partial charge >= 0.3 is 0 Å². The summed E-state index contributed by atoms with van der Waals surface area (Å²) in [7, 11) is 2.04. The van der Waals surface area contributed by atoms with E-state index in [4.69, 9.17) is 0 Å². The van der Waals surface area contributed by atoms with Crippen molar-refractivity contribution in [2.45, 2.75) is 68.2 Å². The molecule has 0 fully saturated rings. The van der Waals surface area contributed by atoms with Gasteiger partial charge in [0.05, 0.1) is 6.33 Å². The Morgan fingerprint density at radius 3 is 1.82 bits per heavy atom. The molecule has 1 heterocycles. The van der Waals surface area contributed by atoms with Gasteiger partial charge in [-0.25, -0.2) is 4.98 Å². The summed E-state index contributed by atoms with van der Waals surface area (Å²) in [6, 6.07) is 0. The van der Waals surface area contributed by atoms with Crippen LogP contribution in [0.1, 0.15) is 67.5 Å². The van der Waals surface area contributed by atoms with Crippen molar-refractivity contribution in [2.24, 2.45) is 13.0 Å². The topological polar surface area (TPSA) is 17.8 Å². The lowest BCUT2D eigenvalue weighted by Gasteiger charge is -2.04. The molecule has 1 aromatic rings. The van der Waals surface area contributed by atoms with Gasteiger partial charge in [0.1, 0.15) is 0 Å². The molecule has 0 radical (unpaired) electrons. The Balaban J connectivity index is -0.000000285. The summed E-state index contributed by atoms with van der Waals surface area (Å²) in [5.74, 6) is 0.782. The normalized spacial score (nSPS) is 8.12. The highest BCUT2D eigenvalue weighted by atomic mass is 15.0. The van der Waals surface area contributed by atoms with E-state index in [-0.39, 0.29) is 0 Å². The summed E-state index contributed by atoms with van der Waals surface area (Å²) in [5, 5.41) is 0. The number of aryl methyl sites for hydroxylation is 2. The molecule has 1 aromatic heterocycles. The molecule has 0 spiro atoms. The molecule has 0 N–H and O–H groups in total. The molecule has 0 unspecified atom stereocenters. The summed E-state index contributed by atoms with van der Waals surface area (Å²) in [4.78, 5) is 4.06. The van der Waals surface area contributed by atoms with E-state index in [9.17, 15) is 0 Å². The Kier molecular flexibility index (Phi) is 22.2. The Labute approximate surface area is 109 Å². The highest BCUT2D eigenvalue weighted by Gasteiger charge is 1.99. The SMILES string of the molecule is CC.CC.CC.CC(C)CCc1cncn1C. The second-order valence-corrected chi connectivity index (χ2v) is 3.43. The first-order chi connectivity index (χ1) is 8.20. The van der Waals surface area contributed by atoms with Gasteiger partial charge in [-0.15, -0.1) is 0 Å². The van der Waals surface area contributed by atoms with Crippen molar-refractivity contribution < 1.29 is 0 Å². The maximum atomic E-state index is 4.06. The summed E-state index contributed by atoms with van der Waals surface area (Å²) in [6.07, 6.45) is 6.20. The highest BCUT2D eigenvalue weighted by molar-refractivity contribution is 4.97. The van der Waals surface area contributed by atoms with Gasteiger partial charge in [0.25, 0.3) is 0 Å². The lowest BCUT2D eigenvalue weighted by Crippen LogP contribution is -1.97. The van der Waals surface area contributed by atoms with E-state index in [2.05, 4.69) is 23.4 Å². The third-order valence-corrected chi connectivity index (χ3v) is 1.89. The Morgan fingerprint density at radius 2 is 1.53 bits per heavy atom. The number of rotatable bonds is 3. The molecule has 104 valence electrons. The van der Waals surface area contributed by atoms with Crippen LogP contribution in [0.3, 0.4) is 0 Å². The second kappa shape index (κ2) is 17.6. The van der Waals surface area contributed by atoms with E-state index in [0.717, 1.165) is 12.3 Å². The first kappa shape index (κ1) is 21.5. The van der Waals surface area contributed by atoms with Crippen LogP contribution in [0.2, 0.25) is 0 Å². The van der Waals surface area contributed by atoms with Crippen molar-refractivity contribution in [3.63, 3.8) is 0 Å². The molecule has 0 saturated heterocycles. The number of imidazole rings is 1. The number of hydrogen-bond donors (Lipinski definition) is 0. The Bertz CT molecular complexity index is 214. The molecule has 0 aliphatic rings. The minimum absolute atomic E-state index is 0.782. The molecule has 0 aromatic carbocycles. The van der Waals surface area contributed by atoms with Crippen LogP contribution in [0, 0.1) is 5.92 Å². The predicted molar refractivity (Wildman–Crippen MR) is 80.4 cm³/mol. The Hall–Kier alpha value is -0.790. The van der Waals surface area contributed by atoms with Gasteiger partial charge in [-0.3, -0.25) is 0 Å². The van der Waals surface area contributed by atoms with Gasteiger partial charge in [-0.05, 0) is 18.8 Å². The standard InChI is InChI=1S/C9H16N2.3C2H6/c1-8(2)4-5-9-6-10-7-11(9)3;3*1-2/h6-8H,4-5H2,1-3H3;3*1-2H3. The fraction of sp³-hybridized carbons (Fsp3) is 0.800. The van der Waals surface area contributed by atoms with Crippen LogP contribution in [0.4, 0.5) is 0 Å². The minimum atomic E-state index is 0.782. The van der Waals surface area contributed by atoms with Crippen LogP contribution < -0.4 is 0 Å². The van der Waals surface area contributed by atoms with E-state index < -0.39 is 0 Å². The molecule has 0 bridgehead atoms. The number of nitrogens with zero attached hydrogens (tertiary/aromatic N) is 2. The summed E-state index contributed by atoms with van der Waals surface area (Å²) < 4.78 is 2.09. The maximum absolute atomic E-state index is 4.06. The quantitative estimate of drug-likeness (QED) is 0.722. The molecule has 2 heteroatoms. The van der Waals surface area contributed by atoms with Crippen LogP contribution in [-0.4, -0.2) is 9.55 Å². The lowest BCUT2D eigenvalue weighted by atomic mass is 10.1. The van der Waals surface area contributed by atoms with Gasteiger partial charge in [0.15, 0.2) is 0 Å². The average Bonchev–Trinajstić information content (AvgIpc) is 2.80. The van der Waals surface area contributed by atoms with Gasteiger partial charge in [-0.2, -0.15) is 0 Å². The fourth-order valence-corrected chi connectivity index (χ4v) is 1.06. The van der Waals surface area contributed by atoms with Gasteiger partial charge in [-0.1, -0.05) is 55.4 Å². The number of hydrogen-bond acceptors (Lipinski definition) is 1. The first-order valence-corrected chi connectivity index (χ1v) is 7.15. The van der Waals surface area contributed by atoms with Crippen molar-refractivity contribution in [2.75, 3.05) is 0 Å². The largest absolute Gasteiger partial charge is 0.338 e. The van der Waals surface area contributed by atoms with E-state index in [0.29, 0.717) is 0 Å². The van der Waals surface area contributed by atoms with Gasteiger partial charge in [0.2, 0.25) is 0 Å². The van der Waals surface area contributed by atoms with E-state index in [1.54, 1.807) is 0 Å². The fourth-order valence-electron chi connectivity index (χ4n) is 1.06. The van der Waals surface area contributed by atoms with E-state index in [1.807, 2.05) is 61.1 Å². The van der Waals surface area contributed by atoms with Crippen molar-refractivity contribution in [3.8, 4) is 0 Å². The zero-order valence-corrected chi connectivity index (χ0v) is 13.5. The van der Waals surface area contributed by atoms with Gasteiger partial charge < -0.3 is 4.57 Å². The van der Waals surface area contributed by atoms with Crippen LogP contribution in [-0.2, 0) is 13.5 Å². The monoisotopic (exact) mass is 242 g/mol. The zero-order valence-electron chi connectivity index (χ0n) is 13.5. The molecular weight excluding hydrogens is 208 g/mol. The average molecular weight is 242 g/mol. The van der Waals surface area contributed by atoms with Crippen LogP contribution in [0.5, 0.6) is 0 Å². The molecule has 17 heavy (non-hydrogen) atoms. The first-order valence-electron chi connectivity index (χ1n) is 7.15. The molecule has 0 saturated carbocycles. The molecule has 0 aliphatic heterocycles. The zero-order chi connectivity index (χ0) is 14.3. The number of aromatic nitrogens is 2. The maximum Gasteiger partial charge on any atom is 0.0945 e. The molecule has 0 aliphatic carbocycles. The summed E-state index contributed by atoms with van der Waals surface area (Å²) in [6.45, 7) is 16.5. The molecular formula is C15H34N2.